The van der Waals surface area contributed by atoms with Crippen molar-refractivity contribution in [1.29, 1.82) is 0 Å². The van der Waals surface area contributed by atoms with Gasteiger partial charge in [-0.25, -0.2) is 9.97 Å². The Bertz CT molecular complexity index is 872. The van der Waals surface area contributed by atoms with E-state index in [1.165, 1.54) is 5.56 Å². The van der Waals surface area contributed by atoms with Crippen LogP contribution >= 0.6 is 11.6 Å². The fourth-order valence-electron chi connectivity index (χ4n) is 4.09. The van der Waals surface area contributed by atoms with E-state index in [2.05, 4.69) is 39.3 Å². The summed E-state index contributed by atoms with van der Waals surface area (Å²) >= 11 is 6.02. The summed E-state index contributed by atoms with van der Waals surface area (Å²) in [7, 11) is 0. The first-order valence-electron chi connectivity index (χ1n) is 10.4. The van der Waals surface area contributed by atoms with Crippen molar-refractivity contribution >= 4 is 23.3 Å². The van der Waals surface area contributed by atoms with E-state index in [1.54, 1.807) is 6.33 Å². The molecule has 1 fully saturated rings. The zero-order chi connectivity index (χ0) is 20.4. The van der Waals surface area contributed by atoms with Crippen LogP contribution in [-0.4, -0.2) is 53.0 Å². The van der Waals surface area contributed by atoms with Gasteiger partial charge in [0.15, 0.2) is 0 Å². The summed E-state index contributed by atoms with van der Waals surface area (Å²) in [4.78, 5) is 24.0. The molecule has 29 heavy (non-hydrogen) atoms. The lowest BCUT2D eigenvalue weighted by Crippen LogP contribution is -2.36. The molecular weight excluding hydrogens is 386 g/mol. The smallest absolute Gasteiger partial charge is 0.228 e. The van der Waals surface area contributed by atoms with Crippen molar-refractivity contribution < 1.29 is 4.79 Å². The number of nitrogens with zero attached hydrogens (tertiary/aromatic N) is 3. The molecule has 2 aromatic rings. The second-order valence-corrected chi connectivity index (χ2v) is 8.58. The Morgan fingerprint density at radius 2 is 2.00 bits per heavy atom. The van der Waals surface area contributed by atoms with Gasteiger partial charge in [-0.3, -0.25) is 9.69 Å². The SMILES string of the molecule is CC1CCc2ncnc(NCCNC(=O)C(CN3CC3C)c3ccc(Cl)cc3)c21. The molecular formula is C22H28ClN5O. The van der Waals surface area contributed by atoms with Crippen LogP contribution in [0.3, 0.4) is 0 Å². The number of aromatic nitrogens is 2. The van der Waals surface area contributed by atoms with Crippen LogP contribution in [0.2, 0.25) is 5.02 Å². The minimum atomic E-state index is -0.194. The van der Waals surface area contributed by atoms with Gasteiger partial charge in [0.2, 0.25) is 5.91 Å². The van der Waals surface area contributed by atoms with E-state index in [9.17, 15) is 4.79 Å². The highest BCUT2D eigenvalue weighted by molar-refractivity contribution is 6.30. The number of hydrogen-bond donors (Lipinski definition) is 2. The van der Waals surface area contributed by atoms with Crippen LogP contribution in [-0.2, 0) is 11.2 Å². The maximum Gasteiger partial charge on any atom is 0.228 e. The third-order valence-electron chi connectivity index (χ3n) is 5.98. The van der Waals surface area contributed by atoms with Crippen molar-refractivity contribution in [2.24, 2.45) is 0 Å². The van der Waals surface area contributed by atoms with E-state index < -0.39 is 0 Å². The maximum atomic E-state index is 12.9. The average Bonchev–Trinajstić information content (AvgIpc) is 3.28. The van der Waals surface area contributed by atoms with E-state index in [0.29, 0.717) is 30.1 Å². The minimum Gasteiger partial charge on any atom is -0.368 e. The number of hydrogen-bond acceptors (Lipinski definition) is 5. The van der Waals surface area contributed by atoms with Crippen LogP contribution in [0, 0.1) is 0 Å². The normalized spacial score (nSPS) is 23.3. The first-order valence-corrected chi connectivity index (χ1v) is 10.8. The highest BCUT2D eigenvalue weighted by Gasteiger charge is 2.34. The van der Waals surface area contributed by atoms with Crippen LogP contribution in [0.4, 0.5) is 5.82 Å². The highest BCUT2D eigenvalue weighted by Crippen LogP contribution is 2.35. The third kappa shape index (κ3) is 4.70. The Morgan fingerprint density at radius 3 is 2.72 bits per heavy atom. The summed E-state index contributed by atoms with van der Waals surface area (Å²) in [5.41, 5.74) is 3.38. The number of nitrogens with one attached hydrogen (secondary N) is 2. The third-order valence-corrected chi connectivity index (χ3v) is 6.24. The van der Waals surface area contributed by atoms with Gasteiger partial charge in [-0.15, -0.1) is 0 Å². The standard InChI is InChI=1S/C22H28ClN5O/c1-14-3-8-19-20(14)21(27-13-26-19)24-9-10-25-22(29)18(12-28-11-15(28)2)16-4-6-17(23)7-5-16/h4-7,13-15,18H,3,8-12H2,1-2H3,(H,25,29)(H,24,26,27). The lowest BCUT2D eigenvalue weighted by atomic mass is 9.98. The Kier molecular flexibility index (Phi) is 6.01. The van der Waals surface area contributed by atoms with Crippen LogP contribution in [0.25, 0.3) is 0 Å². The summed E-state index contributed by atoms with van der Waals surface area (Å²) in [5, 5.41) is 7.16. The molecule has 1 saturated heterocycles. The van der Waals surface area contributed by atoms with Crippen molar-refractivity contribution in [3.8, 4) is 0 Å². The predicted molar refractivity (Wildman–Crippen MR) is 115 cm³/mol. The van der Waals surface area contributed by atoms with Gasteiger partial charge in [0.25, 0.3) is 0 Å². The second-order valence-electron chi connectivity index (χ2n) is 8.15. The first kappa shape index (κ1) is 20.1. The highest BCUT2D eigenvalue weighted by atomic mass is 35.5. The monoisotopic (exact) mass is 413 g/mol. The molecule has 0 spiro atoms. The van der Waals surface area contributed by atoms with Crippen molar-refractivity contribution in [2.45, 2.75) is 44.6 Å². The van der Waals surface area contributed by atoms with Crippen LogP contribution in [0.15, 0.2) is 30.6 Å². The summed E-state index contributed by atoms with van der Waals surface area (Å²) < 4.78 is 0. The molecule has 1 aromatic carbocycles. The predicted octanol–water partition coefficient (Wildman–Crippen LogP) is 3.20. The van der Waals surface area contributed by atoms with Crippen molar-refractivity contribution in [3.63, 3.8) is 0 Å². The molecule has 0 saturated carbocycles. The molecule has 0 radical (unpaired) electrons. The Balaban J connectivity index is 1.34. The van der Waals surface area contributed by atoms with E-state index >= 15 is 0 Å². The van der Waals surface area contributed by atoms with Crippen molar-refractivity contribution in [3.05, 3.63) is 52.4 Å². The zero-order valence-electron chi connectivity index (χ0n) is 17.0. The molecule has 4 atom stereocenters. The molecule has 6 nitrogen and oxygen atoms in total. The molecule has 4 unspecified atom stereocenters. The number of benzene rings is 1. The van der Waals surface area contributed by atoms with Crippen molar-refractivity contribution in [2.75, 3.05) is 31.5 Å². The molecule has 154 valence electrons. The molecule has 4 rings (SSSR count). The lowest BCUT2D eigenvalue weighted by molar-refractivity contribution is -0.122. The van der Waals surface area contributed by atoms with E-state index in [1.807, 2.05) is 24.3 Å². The summed E-state index contributed by atoms with van der Waals surface area (Å²) in [6.45, 7) is 7.37. The summed E-state index contributed by atoms with van der Waals surface area (Å²) in [5.74, 6) is 1.24. The van der Waals surface area contributed by atoms with Gasteiger partial charge < -0.3 is 10.6 Å². The zero-order valence-corrected chi connectivity index (χ0v) is 17.7. The number of amides is 1. The molecule has 1 aliphatic carbocycles. The molecule has 7 heteroatoms. The largest absolute Gasteiger partial charge is 0.368 e. The number of carbonyl (C=O) groups excluding carboxylic acids is 1. The number of carbonyl (C=O) groups is 1. The van der Waals surface area contributed by atoms with Gasteiger partial charge in [-0.1, -0.05) is 30.7 Å². The van der Waals surface area contributed by atoms with E-state index in [-0.39, 0.29) is 11.8 Å². The van der Waals surface area contributed by atoms with Crippen LogP contribution < -0.4 is 10.6 Å². The maximum absolute atomic E-state index is 12.9. The number of halogens is 1. The van der Waals surface area contributed by atoms with Gasteiger partial charge in [-0.2, -0.15) is 0 Å². The molecule has 1 aromatic heterocycles. The van der Waals surface area contributed by atoms with Crippen LogP contribution in [0.1, 0.15) is 48.9 Å². The molecule has 2 heterocycles. The number of fused-ring (bicyclic) bond motifs is 1. The molecule has 2 aliphatic rings. The Labute approximate surface area is 177 Å². The lowest BCUT2D eigenvalue weighted by Gasteiger charge is -2.19. The van der Waals surface area contributed by atoms with Gasteiger partial charge in [-0.05, 0) is 43.4 Å². The Morgan fingerprint density at radius 1 is 1.24 bits per heavy atom. The molecule has 0 bridgehead atoms. The number of anilines is 1. The van der Waals surface area contributed by atoms with Gasteiger partial charge >= 0.3 is 0 Å². The fraction of sp³-hybridized carbons (Fsp3) is 0.500. The molecule has 2 N–H and O–H groups in total. The molecule has 1 aliphatic heterocycles. The van der Waals surface area contributed by atoms with Gasteiger partial charge in [0.1, 0.15) is 12.1 Å². The fourth-order valence-corrected chi connectivity index (χ4v) is 4.22. The summed E-state index contributed by atoms with van der Waals surface area (Å²) in [6.07, 6.45) is 3.76. The van der Waals surface area contributed by atoms with Gasteiger partial charge in [0, 0.05) is 48.5 Å². The van der Waals surface area contributed by atoms with Gasteiger partial charge in [0.05, 0.1) is 5.92 Å². The van der Waals surface area contributed by atoms with E-state index in [0.717, 1.165) is 43.0 Å². The summed E-state index contributed by atoms with van der Waals surface area (Å²) in [6, 6.07) is 8.15. The average molecular weight is 414 g/mol. The quantitative estimate of drug-likeness (QED) is 0.513. The Hall–Kier alpha value is -2.18. The van der Waals surface area contributed by atoms with Crippen molar-refractivity contribution in [1.82, 2.24) is 20.2 Å². The molecule has 1 amide bonds. The van der Waals surface area contributed by atoms with E-state index in [4.69, 9.17) is 11.6 Å². The second kappa shape index (κ2) is 8.67. The minimum absolute atomic E-state index is 0.0505. The number of aryl methyl sites for hydroxylation is 1. The topological polar surface area (TPSA) is 69.9 Å². The first-order chi connectivity index (χ1) is 14.0. The van der Waals surface area contributed by atoms with Crippen LogP contribution in [0.5, 0.6) is 0 Å². The number of rotatable bonds is 8.